The first-order valence-corrected chi connectivity index (χ1v) is 13.2. The molecule has 1 atom stereocenters. The van der Waals surface area contributed by atoms with Gasteiger partial charge in [-0.2, -0.15) is 0 Å². The van der Waals surface area contributed by atoms with Crippen LogP contribution in [0.25, 0.3) is 11.0 Å². The van der Waals surface area contributed by atoms with Gasteiger partial charge in [0.2, 0.25) is 11.8 Å². The third-order valence-corrected chi connectivity index (χ3v) is 6.91. The second-order valence-electron chi connectivity index (χ2n) is 9.35. The van der Waals surface area contributed by atoms with E-state index in [0.717, 1.165) is 31.2 Å². The molecule has 0 aliphatic heterocycles. The van der Waals surface area contributed by atoms with Gasteiger partial charge in [-0.15, -0.1) is 5.10 Å². The lowest BCUT2D eigenvalue weighted by Crippen LogP contribution is -2.47. The van der Waals surface area contributed by atoms with Crippen molar-refractivity contribution in [2.45, 2.75) is 57.7 Å². The fraction of sp³-hybridized carbons (Fsp3) is 0.500. The molecule has 1 fully saturated rings. The van der Waals surface area contributed by atoms with Gasteiger partial charge in [0.05, 0.1) is 19.7 Å². The molecule has 10 heteroatoms. The van der Waals surface area contributed by atoms with Gasteiger partial charge in [0.15, 0.2) is 11.5 Å². The molecule has 0 unspecified atom stereocenters. The summed E-state index contributed by atoms with van der Waals surface area (Å²) in [5.74, 6) is 0.424. The van der Waals surface area contributed by atoms with Crippen LogP contribution in [0.15, 0.2) is 42.5 Å². The summed E-state index contributed by atoms with van der Waals surface area (Å²) in [4.78, 5) is 29.5. The van der Waals surface area contributed by atoms with Crippen LogP contribution in [0.5, 0.6) is 11.5 Å². The maximum atomic E-state index is 14.0. The number of aromatic nitrogens is 3. The zero-order chi connectivity index (χ0) is 26.9. The molecule has 2 amide bonds. The van der Waals surface area contributed by atoms with Crippen molar-refractivity contribution in [3.8, 4) is 11.5 Å². The predicted octanol–water partition coefficient (Wildman–Crippen LogP) is 3.50. The van der Waals surface area contributed by atoms with Crippen molar-refractivity contribution in [3.05, 3.63) is 48.0 Å². The molecule has 10 nitrogen and oxygen atoms in total. The number of nitrogens with zero attached hydrogens (tertiary/aromatic N) is 4. The molecule has 1 aliphatic carbocycles. The summed E-state index contributed by atoms with van der Waals surface area (Å²) in [7, 11) is 3.09. The van der Waals surface area contributed by atoms with Crippen LogP contribution in [0.3, 0.4) is 0 Å². The number of hydrogen-bond donors (Lipinski definition) is 1. The van der Waals surface area contributed by atoms with Crippen LogP contribution in [0.2, 0.25) is 0 Å². The van der Waals surface area contributed by atoms with Crippen molar-refractivity contribution in [2.24, 2.45) is 0 Å². The van der Waals surface area contributed by atoms with E-state index in [2.05, 4.69) is 15.6 Å². The summed E-state index contributed by atoms with van der Waals surface area (Å²) in [6, 6.07) is 12.0. The monoisotopic (exact) mass is 523 g/mol. The number of carbonyl (C=O) groups excluding carboxylic acids is 2. The van der Waals surface area contributed by atoms with Crippen LogP contribution in [0.1, 0.15) is 50.6 Å². The number of amides is 2. The molecule has 1 aromatic heterocycles. The van der Waals surface area contributed by atoms with E-state index in [-0.39, 0.29) is 24.4 Å². The van der Waals surface area contributed by atoms with Gasteiger partial charge < -0.3 is 24.4 Å². The van der Waals surface area contributed by atoms with Gasteiger partial charge in [-0.3, -0.25) is 9.59 Å². The van der Waals surface area contributed by atoms with E-state index in [1.807, 2.05) is 37.3 Å². The van der Waals surface area contributed by atoms with Crippen molar-refractivity contribution in [3.63, 3.8) is 0 Å². The van der Waals surface area contributed by atoms with Crippen LogP contribution in [-0.4, -0.2) is 71.7 Å². The number of para-hydroxylation sites is 2. The number of fused-ring (bicyclic) bond motifs is 1. The van der Waals surface area contributed by atoms with E-state index in [0.29, 0.717) is 48.8 Å². The van der Waals surface area contributed by atoms with Crippen molar-refractivity contribution < 1.29 is 23.8 Å². The number of hydrogen-bond acceptors (Lipinski definition) is 7. The molecular weight excluding hydrogens is 486 g/mol. The maximum Gasteiger partial charge on any atom is 0.247 e. The zero-order valence-corrected chi connectivity index (χ0v) is 22.4. The Morgan fingerprint density at radius 2 is 1.89 bits per heavy atom. The Kier molecular flexibility index (Phi) is 9.53. The molecule has 0 radical (unpaired) electrons. The molecule has 3 aromatic rings. The summed E-state index contributed by atoms with van der Waals surface area (Å²) in [5, 5.41) is 11.6. The van der Waals surface area contributed by atoms with E-state index in [1.165, 1.54) is 7.11 Å². The quantitative estimate of drug-likeness (QED) is 0.342. The summed E-state index contributed by atoms with van der Waals surface area (Å²) in [6.07, 6.45) is 4.58. The third-order valence-electron chi connectivity index (χ3n) is 6.91. The van der Waals surface area contributed by atoms with E-state index >= 15 is 0 Å². The minimum absolute atomic E-state index is 0.0609. The molecule has 2 aromatic carbocycles. The SMILES string of the molecule is CCOCCCN(C(=O)Cn1nnc2ccccc21)[C@H](C(=O)NC1CCCC1)c1cccc(OC)c1OC. The van der Waals surface area contributed by atoms with Crippen LogP contribution >= 0.6 is 0 Å². The van der Waals surface area contributed by atoms with Crippen molar-refractivity contribution in [1.29, 1.82) is 0 Å². The second kappa shape index (κ2) is 13.2. The minimum atomic E-state index is -0.926. The Morgan fingerprint density at radius 3 is 2.63 bits per heavy atom. The maximum absolute atomic E-state index is 14.0. The predicted molar refractivity (Wildman–Crippen MR) is 143 cm³/mol. The Bertz CT molecular complexity index is 1220. The lowest BCUT2D eigenvalue weighted by atomic mass is 10.0. The Balaban J connectivity index is 1.72. The van der Waals surface area contributed by atoms with Gasteiger partial charge in [0, 0.05) is 31.4 Å². The van der Waals surface area contributed by atoms with Crippen molar-refractivity contribution in [2.75, 3.05) is 34.0 Å². The molecular formula is C28H37N5O5. The topological polar surface area (TPSA) is 108 Å². The number of ether oxygens (including phenoxy) is 3. The van der Waals surface area contributed by atoms with Crippen LogP contribution < -0.4 is 14.8 Å². The Hall–Kier alpha value is -3.66. The summed E-state index contributed by atoms with van der Waals surface area (Å²) in [5.41, 5.74) is 2.02. The first-order chi connectivity index (χ1) is 18.6. The highest BCUT2D eigenvalue weighted by molar-refractivity contribution is 5.90. The van der Waals surface area contributed by atoms with Gasteiger partial charge >= 0.3 is 0 Å². The summed E-state index contributed by atoms with van der Waals surface area (Å²) in [6.45, 7) is 3.23. The standard InChI is InChI=1S/C28H37N5O5/c1-4-38-18-10-17-32(25(34)19-33-23-15-8-7-14-22(23)30-31-33)26(28(35)29-20-11-5-6-12-20)21-13-9-16-24(36-2)27(21)37-3/h7-9,13-16,20,26H,4-6,10-12,17-19H2,1-3H3,(H,29,35)/t26-/m0/s1. The fourth-order valence-corrected chi connectivity index (χ4v) is 5.06. The molecule has 1 saturated carbocycles. The highest BCUT2D eigenvalue weighted by Crippen LogP contribution is 2.38. The Labute approximate surface area is 223 Å². The molecule has 0 spiro atoms. The van der Waals surface area contributed by atoms with E-state index in [4.69, 9.17) is 14.2 Å². The fourth-order valence-electron chi connectivity index (χ4n) is 5.06. The Morgan fingerprint density at radius 1 is 1.11 bits per heavy atom. The smallest absolute Gasteiger partial charge is 0.247 e. The van der Waals surface area contributed by atoms with Crippen molar-refractivity contribution in [1.82, 2.24) is 25.2 Å². The van der Waals surface area contributed by atoms with E-state index in [1.54, 1.807) is 28.8 Å². The largest absolute Gasteiger partial charge is 0.493 e. The first kappa shape index (κ1) is 27.4. The molecule has 4 rings (SSSR count). The number of rotatable bonds is 13. The molecule has 1 aliphatic rings. The lowest BCUT2D eigenvalue weighted by molar-refractivity contribution is -0.142. The third kappa shape index (κ3) is 6.24. The van der Waals surface area contributed by atoms with Crippen molar-refractivity contribution >= 4 is 22.8 Å². The van der Waals surface area contributed by atoms with Gasteiger partial charge in [0.1, 0.15) is 18.1 Å². The number of carbonyl (C=O) groups is 2. The normalized spacial score (nSPS) is 14.4. The van der Waals surface area contributed by atoms with Crippen LogP contribution in [0.4, 0.5) is 0 Å². The molecule has 0 saturated heterocycles. The average Bonchev–Trinajstić information content (AvgIpc) is 3.60. The minimum Gasteiger partial charge on any atom is -0.493 e. The number of nitrogens with one attached hydrogen (secondary N) is 1. The molecule has 1 heterocycles. The average molecular weight is 524 g/mol. The number of methoxy groups -OCH3 is 2. The highest BCUT2D eigenvalue weighted by atomic mass is 16.5. The zero-order valence-electron chi connectivity index (χ0n) is 22.4. The lowest BCUT2D eigenvalue weighted by Gasteiger charge is -2.33. The van der Waals surface area contributed by atoms with Crippen LogP contribution in [0, 0.1) is 0 Å². The van der Waals surface area contributed by atoms with Gasteiger partial charge in [-0.05, 0) is 44.4 Å². The van der Waals surface area contributed by atoms with Gasteiger partial charge in [-0.25, -0.2) is 4.68 Å². The highest BCUT2D eigenvalue weighted by Gasteiger charge is 2.36. The molecule has 204 valence electrons. The van der Waals surface area contributed by atoms with E-state index < -0.39 is 6.04 Å². The molecule has 0 bridgehead atoms. The molecule has 38 heavy (non-hydrogen) atoms. The number of benzene rings is 2. The van der Waals surface area contributed by atoms with Gasteiger partial charge in [0.25, 0.3) is 0 Å². The second-order valence-corrected chi connectivity index (χ2v) is 9.35. The van der Waals surface area contributed by atoms with Crippen LogP contribution in [-0.2, 0) is 20.9 Å². The molecule has 1 N–H and O–H groups in total. The first-order valence-electron chi connectivity index (χ1n) is 13.2. The van der Waals surface area contributed by atoms with E-state index in [9.17, 15) is 9.59 Å². The summed E-state index contributed by atoms with van der Waals surface area (Å²) < 4.78 is 18.4. The van der Waals surface area contributed by atoms with Gasteiger partial charge in [-0.1, -0.05) is 42.3 Å². The summed E-state index contributed by atoms with van der Waals surface area (Å²) >= 11 is 0.